The third-order valence-electron chi connectivity index (χ3n) is 6.13. The highest BCUT2D eigenvalue weighted by atomic mass is 16.2. The molecule has 1 unspecified atom stereocenters. The van der Waals surface area contributed by atoms with E-state index >= 15 is 0 Å². The fourth-order valence-electron chi connectivity index (χ4n) is 4.33. The molecule has 2 aliphatic heterocycles. The Hall–Kier alpha value is -2.77. The lowest BCUT2D eigenvalue weighted by molar-refractivity contribution is -0.129. The van der Waals surface area contributed by atoms with Gasteiger partial charge in [0.15, 0.2) is 11.5 Å². The van der Waals surface area contributed by atoms with Crippen molar-refractivity contribution in [1.82, 2.24) is 30.0 Å². The van der Waals surface area contributed by atoms with Crippen molar-refractivity contribution in [2.24, 2.45) is 0 Å². The van der Waals surface area contributed by atoms with Gasteiger partial charge in [-0.15, -0.1) is 0 Å². The number of aromatic nitrogens is 4. The minimum absolute atomic E-state index is 0.0489. The Morgan fingerprint density at radius 2 is 2.10 bits per heavy atom. The molecule has 0 radical (unpaired) electrons. The first-order valence-corrected chi connectivity index (χ1v) is 10.4. The first-order valence-electron chi connectivity index (χ1n) is 10.4. The fraction of sp³-hybridized carbons (Fsp3) is 0.571. The molecule has 0 bridgehead atoms. The maximum absolute atomic E-state index is 13.3. The summed E-state index contributed by atoms with van der Waals surface area (Å²) >= 11 is 0. The molecule has 2 aromatic rings. The Morgan fingerprint density at radius 1 is 1.28 bits per heavy atom. The van der Waals surface area contributed by atoms with Gasteiger partial charge in [-0.3, -0.25) is 14.7 Å². The van der Waals surface area contributed by atoms with Crippen LogP contribution in [0.2, 0.25) is 0 Å². The number of likely N-dealkylation sites (tertiary alicyclic amines) is 1. The number of rotatable bonds is 3. The average Bonchev–Trinajstić information content (AvgIpc) is 3.12. The van der Waals surface area contributed by atoms with Gasteiger partial charge in [0.25, 0.3) is 5.91 Å². The van der Waals surface area contributed by atoms with E-state index in [2.05, 4.69) is 15.2 Å². The third-order valence-corrected chi connectivity index (χ3v) is 6.13. The number of aryl methyl sites for hydroxylation is 1. The first kappa shape index (κ1) is 19.5. The van der Waals surface area contributed by atoms with E-state index in [0.29, 0.717) is 31.2 Å². The highest BCUT2D eigenvalue weighted by Crippen LogP contribution is 2.31. The summed E-state index contributed by atoms with van der Waals surface area (Å²) in [6, 6.07) is -0.131. The normalized spacial score (nSPS) is 19.2. The molecule has 2 aromatic heterocycles. The second kappa shape index (κ2) is 7.93. The van der Waals surface area contributed by atoms with E-state index < -0.39 is 0 Å². The molecule has 8 heteroatoms. The number of nitrogens with zero attached hydrogens (tertiary/aromatic N) is 5. The van der Waals surface area contributed by atoms with Crippen molar-refractivity contribution in [3.05, 3.63) is 40.2 Å². The van der Waals surface area contributed by atoms with Crippen molar-refractivity contribution in [3.63, 3.8) is 0 Å². The van der Waals surface area contributed by atoms with Gasteiger partial charge in [0.2, 0.25) is 5.91 Å². The highest BCUT2D eigenvalue weighted by molar-refractivity contribution is 5.94. The quantitative estimate of drug-likeness (QED) is 0.859. The summed E-state index contributed by atoms with van der Waals surface area (Å²) < 4.78 is 0. The predicted octanol–water partition coefficient (Wildman–Crippen LogP) is 2.34. The molecular weight excluding hydrogens is 368 g/mol. The van der Waals surface area contributed by atoms with Crippen LogP contribution in [-0.2, 0) is 24.2 Å². The van der Waals surface area contributed by atoms with Crippen molar-refractivity contribution >= 4 is 11.8 Å². The van der Waals surface area contributed by atoms with E-state index in [1.165, 1.54) is 0 Å². The number of hydrogen-bond donors (Lipinski definition) is 1. The summed E-state index contributed by atoms with van der Waals surface area (Å²) in [5, 5.41) is 7.28. The molecule has 1 fully saturated rings. The maximum atomic E-state index is 13.3. The Balaban J connectivity index is 1.60. The number of H-pyrrole nitrogens is 1. The largest absolute Gasteiger partial charge is 0.338 e. The van der Waals surface area contributed by atoms with E-state index in [1.807, 2.05) is 29.8 Å². The number of hydrogen-bond acceptors (Lipinski definition) is 5. The van der Waals surface area contributed by atoms with Crippen LogP contribution >= 0.6 is 0 Å². The minimum Gasteiger partial charge on any atom is -0.338 e. The Labute approximate surface area is 170 Å². The lowest BCUT2D eigenvalue weighted by Crippen LogP contribution is -2.40. The van der Waals surface area contributed by atoms with Crippen LogP contribution < -0.4 is 0 Å². The van der Waals surface area contributed by atoms with E-state index in [1.54, 1.807) is 6.92 Å². The minimum atomic E-state index is -0.131. The predicted molar refractivity (Wildman–Crippen MR) is 107 cm³/mol. The molecule has 1 saturated heterocycles. The number of piperidine rings is 1. The molecule has 2 amide bonds. The first-order chi connectivity index (χ1) is 14.0. The number of aromatic amines is 1. The zero-order valence-electron chi connectivity index (χ0n) is 17.4. The molecule has 1 N–H and O–H groups in total. The number of fused-ring (bicyclic) bond motifs is 1. The van der Waals surface area contributed by atoms with Gasteiger partial charge in [0.1, 0.15) is 0 Å². The Bertz CT molecular complexity index is 937. The number of nitrogens with one attached hydrogen (secondary N) is 1. The van der Waals surface area contributed by atoms with Crippen molar-refractivity contribution in [2.75, 3.05) is 13.1 Å². The van der Waals surface area contributed by atoms with Crippen molar-refractivity contribution in [3.8, 4) is 0 Å². The molecule has 1 atom stereocenters. The molecular formula is C21H28N6O2. The smallest absolute Gasteiger partial charge is 0.275 e. The summed E-state index contributed by atoms with van der Waals surface area (Å²) in [4.78, 5) is 38.1. The van der Waals surface area contributed by atoms with Gasteiger partial charge >= 0.3 is 0 Å². The molecule has 4 rings (SSSR count). The second-order valence-electron chi connectivity index (χ2n) is 7.93. The second-order valence-corrected chi connectivity index (χ2v) is 7.93. The summed E-state index contributed by atoms with van der Waals surface area (Å²) in [5.41, 5.74) is 4.43. The van der Waals surface area contributed by atoms with E-state index in [0.717, 1.165) is 54.6 Å². The fourth-order valence-corrected chi connectivity index (χ4v) is 4.33. The lowest BCUT2D eigenvalue weighted by atomic mass is 9.99. The zero-order valence-corrected chi connectivity index (χ0v) is 17.4. The summed E-state index contributed by atoms with van der Waals surface area (Å²) in [7, 11) is 0. The van der Waals surface area contributed by atoms with Crippen molar-refractivity contribution < 1.29 is 9.59 Å². The topological polar surface area (TPSA) is 95.1 Å². The van der Waals surface area contributed by atoms with E-state index in [4.69, 9.17) is 4.98 Å². The number of carbonyl (C=O) groups excluding carboxylic acids is 2. The van der Waals surface area contributed by atoms with Crippen LogP contribution in [0.25, 0.3) is 0 Å². The van der Waals surface area contributed by atoms with Crippen molar-refractivity contribution in [2.45, 2.75) is 65.5 Å². The van der Waals surface area contributed by atoms with Crippen LogP contribution in [-0.4, -0.2) is 54.9 Å². The molecule has 0 aliphatic carbocycles. The van der Waals surface area contributed by atoms with Gasteiger partial charge in [-0.05, 0) is 32.6 Å². The molecule has 0 saturated carbocycles. The summed E-state index contributed by atoms with van der Waals surface area (Å²) in [6.45, 7) is 7.52. The molecule has 4 heterocycles. The molecule has 29 heavy (non-hydrogen) atoms. The van der Waals surface area contributed by atoms with Crippen LogP contribution in [0.5, 0.6) is 0 Å². The van der Waals surface area contributed by atoms with Crippen LogP contribution in [0.4, 0.5) is 0 Å². The molecule has 0 aromatic carbocycles. The maximum Gasteiger partial charge on any atom is 0.275 e. The van der Waals surface area contributed by atoms with Crippen LogP contribution in [0.1, 0.15) is 78.0 Å². The molecule has 2 aliphatic rings. The average molecular weight is 396 g/mol. The summed E-state index contributed by atoms with van der Waals surface area (Å²) in [5.74, 6) is 0.730. The standard InChI is InChI=1S/C21H28N6O2/c1-4-16-13(2)19(25-24-16)21(29)27-9-6-5-7-18(27)20-22-11-15-12-26(14(3)28)10-8-17(15)23-20/h11,18H,4-10,12H2,1-3H3,(H,24,25). The summed E-state index contributed by atoms with van der Waals surface area (Å²) in [6.07, 6.45) is 6.26. The Morgan fingerprint density at radius 3 is 2.83 bits per heavy atom. The third kappa shape index (κ3) is 3.63. The van der Waals surface area contributed by atoms with Gasteiger partial charge in [0, 0.05) is 56.0 Å². The lowest BCUT2D eigenvalue weighted by Gasteiger charge is -2.35. The number of amides is 2. The van der Waals surface area contributed by atoms with Gasteiger partial charge in [-0.1, -0.05) is 6.92 Å². The van der Waals surface area contributed by atoms with E-state index in [-0.39, 0.29) is 17.9 Å². The van der Waals surface area contributed by atoms with E-state index in [9.17, 15) is 9.59 Å². The SMILES string of the molecule is CCc1[nH]nc(C(=O)N2CCCCC2c2ncc3c(n2)CCN(C(C)=O)C3)c1C. The van der Waals surface area contributed by atoms with Gasteiger partial charge < -0.3 is 9.80 Å². The van der Waals surface area contributed by atoms with Crippen LogP contribution in [0.15, 0.2) is 6.20 Å². The van der Waals surface area contributed by atoms with Crippen LogP contribution in [0.3, 0.4) is 0 Å². The monoisotopic (exact) mass is 396 g/mol. The highest BCUT2D eigenvalue weighted by Gasteiger charge is 2.33. The van der Waals surface area contributed by atoms with Crippen LogP contribution in [0, 0.1) is 6.92 Å². The van der Waals surface area contributed by atoms with Gasteiger partial charge in [0.05, 0.1) is 11.7 Å². The molecule has 154 valence electrons. The number of carbonyl (C=O) groups is 2. The molecule has 0 spiro atoms. The molecule has 8 nitrogen and oxygen atoms in total. The Kier molecular flexibility index (Phi) is 5.34. The van der Waals surface area contributed by atoms with Crippen molar-refractivity contribution in [1.29, 1.82) is 0 Å². The zero-order chi connectivity index (χ0) is 20.5. The van der Waals surface area contributed by atoms with Gasteiger partial charge in [-0.2, -0.15) is 5.10 Å². The van der Waals surface area contributed by atoms with Gasteiger partial charge in [-0.25, -0.2) is 9.97 Å².